The van der Waals surface area contributed by atoms with Gasteiger partial charge in [-0.25, -0.2) is 4.98 Å². The molecule has 0 bridgehead atoms. The van der Waals surface area contributed by atoms with Crippen molar-refractivity contribution in [3.05, 3.63) is 50.9 Å². The fourth-order valence-corrected chi connectivity index (χ4v) is 6.91. The number of H-pyrrole nitrogens is 1. The smallest absolute Gasteiger partial charge is 0.259 e. The molecule has 0 spiro atoms. The number of aromatic nitrogens is 4. The molecular formula is C22H23N5O2S3. The lowest BCUT2D eigenvalue weighted by molar-refractivity contribution is 0.342. The van der Waals surface area contributed by atoms with Crippen LogP contribution in [0, 0.1) is 5.92 Å². The van der Waals surface area contributed by atoms with Gasteiger partial charge >= 0.3 is 0 Å². The summed E-state index contributed by atoms with van der Waals surface area (Å²) >= 11 is 4.65. The molecule has 0 fully saturated rings. The van der Waals surface area contributed by atoms with Crippen LogP contribution in [-0.2, 0) is 18.6 Å². The van der Waals surface area contributed by atoms with Crippen molar-refractivity contribution in [3.8, 4) is 5.75 Å². The van der Waals surface area contributed by atoms with Crippen molar-refractivity contribution < 1.29 is 4.74 Å². The molecule has 166 valence electrons. The average Bonchev–Trinajstić information content (AvgIpc) is 3.37. The molecule has 7 nitrogen and oxygen atoms in total. The molecule has 3 heterocycles. The number of ether oxygens (including phenoxy) is 1. The second-order valence-electron chi connectivity index (χ2n) is 7.76. The second kappa shape index (κ2) is 9.21. The Labute approximate surface area is 197 Å². The molecule has 0 amide bonds. The molecule has 4 aromatic rings. The molecule has 10 heteroatoms. The molecular weight excluding hydrogens is 462 g/mol. The van der Waals surface area contributed by atoms with E-state index in [1.807, 2.05) is 31.2 Å². The highest BCUT2D eigenvalue weighted by Gasteiger charge is 2.23. The molecule has 1 atom stereocenters. The van der Waals surface area contributed by atoms with Crippen LogP contribution in [0.2, 0.25) is 0 Å². The van der Waals surface area contributed by atoms with Crippen molar-refractivity contribution in [1.29, 1.82) is 0 Å². The molecule has 0 saturated heterocycles. The minimum atomic E-state index is -0.0233. The molecule has 1 aliphatic rings. The summed E-state index contributed by atoms with van der Waals surface area (Å²) in [5.74, 6) is 2.66. The summed E-state index contributed by atoms with van der Waals surface area (Å²) in [5.41, 5.74) is 2.04. The van der Waals surface area contributed by atoms with Crippen LogP contribution in [-0.4, -0.2) is 26.8 Å². The molecule has 3 aromatic heterocycles. The second-order valence-corrected chi connectivity index (χ2v) is 11.0. The predicted molar refractivity (Wildman–Crippen MR) is 132 cm³/mol. The van der Waals surface area contributed by atoms with Crippen LogP contribution in [0.3, 0.4) is 0 Å². The Morgan fingerprint density at radius 1 is 1.28 bits per heavy atom. The number of anilines is 2. The van der Waals surface area contributed by atoms with Crippen molar-refractivity contribution in [1.82, 2.24) is 20.2 Å². The summed E-state index contributed by atoms with van der Waals surface area (Å²) < 4.78 is 6.46. The highest BCUT2D eigenvalue weighted by Crippen LogP contribution is 2.36. The molecule has 0 unspecified atom stereocenters. The minimum Gasteiger partial charge on any atom is -0.492 e. The number of thiophene rings is 1. The molecule has 1 aliphatic carbocycles. The van der Waals surface area contributed by atoms with Crippen LogP contribution in [0.15, 0.2) is 33.4 Å². The van der Waals surface area contributed by atoms with Crippen molar-refractivity contribution in [2.45, 2.75) is 43.2 Å². The van der Waals surface area contributed by atoms with Gasteiger partial charge in [0.2, 0.25) is 5.13 Å². The number of fused-ring (bicyclic) bond motifs is 3. The zero-order valence-electron chi connectivity index (χ0n) is 17.8. The van der Waals surface area contributed by atoms with Gasteiger partial charge in [-0.15, -0.1) is 21.5 Å². The van der Waals surface area contributed by atoms with E-state index < -0.39 is 0 Å². The third kappa shape index (κ3) is 4.39. The van der Waals surface area contributed by atoms with Crippen LogP contribution in [0.25, 0.3) is 10.2 Å². The van der Waals surface area contributed by atoms with Crippen molar-refractivity contribution in [2.75, 3.05) is 11.9 Å². The van der Waals surface area contributed by atoms with E-state index in [0.29, 0.717) is 29.2 Å². The molecule has 2 N–H and O–H groups in total. The van der Waals surface area contributed by atoms with E-state index in [9.17, 15) is 4.79 Å². The molecule has 1 aromatic carbocycles. The van der Waals surface area contributed by atoms with E-state index in [2.05, 4.69) is 27.4 Å². The lowest BCUT2D eigenvalue weighted by atomic mass is 9.89. The lowest BCUT2D eigenvalue weighted by Gasteiger charge is -2.17. The van der Waals surface area contributed by atoms with E-state index >= 15 is 0 Å². The summed E-state index contributed by atoms with van der Waals surface area (Å²) in [4.78, 5) is 22.7. The number of benzene rings is 1. The number of nitrogens with zero attached hydrogens (tertiary/aromatic N) is 3. The fourth-order valence-electron chi connectivity index (χ4n) is 3.88. The van der Waals surface area contributed by atoms with Gasteiger partial charge in [-0.05, 0) is 49.8 Å². The van der Waals surface area contributed by atoms with E-state index in [1.54, 1.807) is 11.3 Å². The van der Waals surface area contributed by atoms with Gasteiger partial charge in [-0.3, -0.25) is 4.79 Å². The number of thioether (sulfide) groups is 1. The quantitative estimate of drug-likeness (QED) is 0.339. The Hall–Kier alpha value is -2.43. The number of hydrogen-bond acceptors (Lipinski definition) is 9. The Balaban J connectivity index is 1.29. The standard InChI is InChI=1S/C22H23N5O2S3/c1-3-29-15-7-5-4-6-14(15)23-21-26-27-22(32-21)30-11-17-24-19(28)18-13-9-8-12(2)10-16(13)31-20(18)25-17/h4-7,12H,3,8-11H2,1-2H3,(H,23,26)(H,24,25,28)/t12-/m1/s1. The summed E-state index contributed by atoms with van der Waals surface area (Å²) in [6.45, 7) is 4.82. The normalized spacial score (nSPS) is 15.6. The first-order valence-corrected chi connectivity index (χ1v) is 13.2. The SMILES string of the molecule is CCOc1ccccc1Nc1nnc(SCc2nc3sc4c(c3c(=O)[nH]2)CC[C@@H](C)C4)s1. The Kier molecular flexibility index (Phi) is 6.16. The van der Waals surface area contributed by atoms with Gasteiger partial charge in [0.05, 0.1) is 23.4 Å². The first kappa shape index (κ1) is 21.4. The van der Waals surface area contributed by atoms with Crippen molar-refractivity contribution in [2.24, 2.45) is 5.92 Å². The molecule has 0 radical (unpaired) electrons. The topological polar surface area (TPSA) is 92.8 Å². The number of hydrogen-bond donors (Lipinski definition) is 2. The Bertz CT molecular complexity index is 1310. The molecule has 0 saturated carbocycles. The van der Waals surface area contributed by atoms with Crippen molar-refractivity contribution in [3.63, 3.8) is 0 Å². The predicted octanol–water partition coefficient (Wildman–Crippen LogP) is 5.40. The molecule has 0 aliphatic heterocycles. The van der Waals surface area contributed by atoms with Crippen LogP contribution in [0.1, 0.15) is 36.5 Å². The molecule has 32 heavy (non-hydrogen) atoms. The van der Waals surface area contributed by atoms with Crippen LogP contribution < -0.4 is 15.6 Å². The first-order valence-electron chi connectivity index (χ1n) is 10.6. The maximum atomic E-state index is 12.8. The van der Waals surface area contributed by atoms with Gasteiger partial charge in [-0.2, -0.15) is 0 Å². The highest BCUT2D eigenvalue weighted by atomic mass is 32.2. The summed E-state index contributed by atoms with van der Waals surface area (Å²) in [6.07, 6.45) is 3.16. The third-order valence-corrected chi connectivity index (χ3v) is 8.51. The summed E-state index contributed by atoms with van der Waals surface area (Å²) in [5, 5.41) is 13.3. The van der Waals surface area contributed by atoms with Crippen molar-refractivity contribution >= 4 is 55.5 Å². The average molecular weight is 486 g/mol. The maximum Gasteiger partial charge on any atom is 0.259 e. The lowest BCUT2D eigenvalue weighted by Crippen LogP contribution is -2.14. The first-order chi connectivity index (χ1) is 15.6. The number of para-hydroxylation sites is 2. The zero-order valence-corrected chi connectivity index (χ0v) is 20.3. The monoisotopic (exact) mass is 485 g/mol. The van der Waals surface area contributed by atoms with Crippen LogP contribution in [0.4, 0.5) is 10.8 Å². The minimum absolute atomic E-state index is 0.0233. The third-order valence-electron chi connectivity index (χ3n) is 5.38. The van der Waals surface area contributed by atoms with Gasteiger partial charge in [0.25, 0.3) is 5.56 Å². The van der Waals surface area contributed by atoms with Gasteiger partial charge in [0, 0.05) is 4.88 Å². The number of aromatic amines is 1. The summed E-state index contributed by atoms with van der Waals surface area (Å²) in [7, 11) is 0. The van der Waals surface area contributed by atoms with E-state index in [1.165, 1.54) is 33.5 Å². The number of nitrogens with one attached hydrogen (secondary N) is 2. The fraction of sp³-hybridized carbons (Fsp3) is 0.364. The van der Waals surface area contributed by atoms with Gasteiger partial charge < -0.3 is 15.0 Å². The number of rotatable bonds is 7. The number of aryl methyl sites for hydroxylation is 1. The highest BCUT2D eigenvalue weighted by molar-refractivity contribution is 8.00. The Morgan fingerprint density at radius 3 is 3.03 bits per heavy atom. The zero-order chi connectivity index (χ0) is 22.1. The van der Waals surface area contributed by atoms with E-state index in [0.717, 1.165) is 45.3 Å². The van der Waals surface area contributed by atoms with Gasteiger partial charge in [0.15, 0.2) is 4.34 Å². The van der Waals surface area contributed by atoms with Gasteiger partial charge in [-0.1, -0.05) is 42.2 Å². The van der Waals surface area contributed by atoms with Crippen LogP contribution in [0.5, 0.6) is 5.75 Å². The summed E-state index contributed by atoms with van der Waals surface area (Å²) in [6, 6.07) is 7.75. The molecule has 5 rings (SSSR count). The maximum absolute atomic E-state index is 12.8. The Morgan fingerprint density at radius 2 is 2.16 bits per heavy atom. The van der Waals surface area contributed by atoms with E-state index in [4.69, 9.17) is 9.72 Å². The largest absolute Gasteiger partial charge is 0.492 e. The van der Waals surface area contributed by atoms with Crippen LogP contribution >= 0.6 is 34.4 Å². The van der Waals surface area contributed by atoms with E-state index in [-0.39, 0.29) is 5.56 Å². The van der Waals surface area contributed by atoms with Gasteiger partial charge in [0.1, 0.15) is 16.4 Å².